The lowest BCUT2D eigenvalue weighted by Gasteiger charge is -2.34. The summed E-state index contributed by atoms with van der Waals surface area (Å²) in [7, 11) is 0. The second-order valence-electron chi connectivity index (χ2n) is 4.09. The highest BCUT2D eigenvalue weighted by Crippen LogP contribution is 2.12. The maximum absolute atomic E-state index is 10.2. The molecule has 0 spiro atoms. The van der Waals surface area contributed by atoms with Crippen LogP contribution in [-0.2, 0) is 4.79 Å². The smallest absolute Gasteiger partial charge is 0.207 e. The summed E-state index contributed by atoms with van der Waals surface area (Å²) >= 11 is 0. The maximum Gasteiger partial charge on any atom is 0.207 e. The Labute approximate surface area is 85.2 Å². The molecule has 0 atom stereocenters. The van der Waals surface area contributed by atoms with Crippen LogP contribution in [-0.4, -0.2) is 36.3 Å². The highest BCUT2D eigenvalue weighted by molar-refractivity contribution is 5.81. The van der Waals surface area contributed by atoms with Crippen LogP contribution in [0, 0.1) is 11.3 Å². The number of carbonyl (C=O) groups excluding carboxylic acids is 1. The molecule has 1 aliphatic rings. The molecule has 0 aliphatic carbocycles. The van der Waals surface area contributed by atoms with Gasteiger partial charge < -0.3 is 10.2 Å². The standard InChI is InChI=1S/C10H19N3O/c1-8(2)10(11)13-5-3-9(4-6-13)12-7-14/h7-9,11H,3-6H2,1-2H3,(H,12,14). The van der Waals surface area contributed by atoms with E-state index < -0.39 is 0 Å². The Morgan fingerprint density at radius 1 is 1.50 bits per heavy atom. The summed E-state index contributed by atoms with van der Waals surface area (Å²) in [5, 5.41) is 10.6. The maximum atomic E-state index is 10.2. The average molecular weight is 197 g/mol. The van der Waals surface area contributed by atoms with E-state index in [-0.39, 0.29) is 0 Å². The summed E-state index contributed by atoms with van der Waals surface area (Å²) in [4.78, 5) is 12.3. The van der Waals surface area contributed by atoms with Crippen LogP contribution in [0.4, 0.5) is 0 Å². The fraction of sp³-hybridized carbons (Fsp3) is 0.800. The monoisotopic (exact) mass is 197 g/mol. The number of hydrogen-bond acceptors (Lipinski definition) is 2. The van der Waals surface area contributed by atoms with Crippen LogP contribution < -0.4 is 5.32 Å². The van der Waals surface area contributed by atoms with Gasteiger partial charge in [-0.2, -0.15) is 0 Å². The molecule has 0 radical (unpaired) electrons. The summed E-state index contributed by atoms with van der Waals surface area (Å²) in [5.41, 5.74) is 0. The number of piperidine rings is 1. The van der Waals surface area contributed by atoms with Crippen LogP contribution >= 0.6 is 0 Å². The average Bonchev–Trinajstić information content (AvgIpc) is 2.18. The molecular formula is C10H19N3O. The molecule has 0 unspecified atom stereocenters. The second-order valence-corrected chi connectivity index (χ2v) is 4.09. The van der Waals surface area contributed by atoms with Crippen molar-refractivity contribution in [2.45, 2.75) is 32.7 Å². The van der Waals surface area contributed by atoms with E-state index in [9.17, 15) is 4.79 Å². The van der Waals surface area contributed by atoms with Gasteiger partial charge in [0.2, 0.25) is 6.41 Å². The molecule has 0 saturated carbocycles. The molecule has 4 heteroatoms. The molecule has 80 valence electrons. The quantitative estimate of drug-likeness (QED) is 0.400. The molecule has 4 nitrogen and oxygen atoms in total. The summed E-state index contributed by atoms with van der Waals surface area (Å²) in [6, 6.07) is 0.309. The fourth-order valence-corrected chi connectivity index (χ4v) is 1.75. The van der Waals surface area contributed by atoms with E-state index in [0.717, 1.165) is 38.2 Å². The number of rotatable bonds is 3. The van der Waals surface area contributed by atoms with Gasteiger partial charge in [0, 0.05) is 25.0 Å². The minimum Gasteiger partial charge on any atom is -0.360 e. The third-order valence-electron chi connectivity index (χ3n) is 2.69. The minimum absolute atomic E-state index is 0.297. The summed E-state index contributed by atoms with van der Waals surface area (Å²) in [6.07, 6.45) is 2.68. The van der Waals surface area contributed by atoms with Gasteiger partial charge in [-0.25, -0.2) is 0 Å². The van der Waals surface area contributed by atoms with Gasteiger partial charge in [-0.1, -0.05) is 13.8 Å². The third kappa shape index (κ3) is 2.72. The van der Waals surface area contributed by atoms with Crippen molar-refractivity contribution in [2.75, 3.05) is 13.1 Å². The zero-order valence-electron chi connectivity index (χ0n) is 8.92. The van der Waals surface area contributed by atoms with Gasteiger partial charge in [0.1, 0.15) is 0 Å². The van der Waals surface area contributed by atoms with Crippen LogP contribution in [0.15, 0.2) is 0 Å². The zero-order valence-corrected chi connectivity index (χ0v) is 8.92. The normalized spacial score (nSPS) is 18.4. The van der Waals surface area contributed by atoms with E-state index in [2.05, 4.69) is 10.2 Å². The summed E-state index contributed by atoms with van der Waals surface area (Å²) < 4.78 is 0. The summed E-state index contributed by atoms with van der Waals surface area (Å²) in [5.74, 6) is 1.01. The third-order valence-corrected chi connectivity index (χ3v) is 2.69. The van der Waals surface area contributed by atoms with E-state index in [0.29, 0.717) is 12.0 Å². The van der Waals surface area contributed by atoms with Crippen molar-refractivity contribution < 1.29 is 4.79 Å². The zero-order chi connectivity index (χ0) is 10.6. The van der Waals surface area contributed by atoms with Crippen molar-refractivity contribution in [1.29, 1.82) is 5.41 Å². The van der Waals surface area contributed by atoms with Crippen LogP contribution in [0.1, 0.15) is 26.7 Å². The van der Waals surface area contributed by atoms with Crippen molar-refractivity contribution in [3.8, 4) is 0 Å². The molecule has 0 bridgehead atoms. The molecule has 1 aliphatic heterocycles. The van der Waals surface area contributed by atoms with Gasteiger partial charge >= 0.3 is 0 Å². The Balaban J connectivity index is 2.35. The van der Waals surface area contributed by atoms with E-state index >= 15 is 0 Å². The molecule has 0 aromatic carbocycles. The van der Waals surface area contributed by atoms with E-state index in [1.165, 1.54) is 0 Å². The first kappa shape index (κ1) is 11.0. The van der Waals surface area contributed by atoms with Crippen LogP contribution in [0.3, 0.4) is 0 Å². The molecule has 1 rings (SSSR count). The Bertz CT molecular complexity index is 207. The predicted molar refractivity (Wildman–Crippen MR) is 56.4 cm³/mol. The number of nitrogens with one attached hydrogen (secondary N) is 2. The van der Waals surface area contributed by atoms with Gasteiger partial charge in [0.25, 0.3) is 0 Å². The lowest BCUT2D eigenvalue weighted by Crippen LogP contribution is -2.45. The number of likely N-dealkylation sites (tertiary alicyclic amines) is 1. The Morgan fingerprint density at radius 2 is 2.07 bits per heavy atom. The predicted octanol–water partition coefficient (Wildman–Crippen LogP) is 0.830. The van der Waals surface area contributed by atoms with Crippen LogP contribution in [0.25, 0.3) is 0 Å². The highest BCUT2D eigenvalue weighted by Gasteiger charge is 2.21. The van der Waals surface area contributed by atoms with Crippen molar-refractivity contribution >= 4 is 12.2 Å². The lowest BCUT2D eigenvalue weighted by atomic mass is 10.0. The SMILES string of the molecule is CC(C)C(=N)N1CCC(NC=O)CC1. The van der Waals surface area contributed by atoms with E-state index in [1.807, 2.05) is 13.8 Å². The summed E-state index contributed by atoms with van der Waals surface area (Å²) in [6.45, 7) is 5.86. The molecule has 1 amide bonds. The molecular weight excluding hydrogens is 178 g/mol. The van der Waals surface area contributed by atoms with E-state index in [4.69, 9.17) is 5.41 Å². The van der Waals surface area contributed by atoms with Gasteiger partial charge in [-0.05, 0) is 12.8 Å². The number of amidine groups is 1. The number of carbonyl (C=O) groups is 1. The lowest BCUT2D eigenvalue weighted by molar-refractivity contribution is -0.110. The minimum atomic E-state index is 0.297. The van der Waals surface area contributed by atoms with Crippen molar-refractivity contribution in [2.24, 2.45) is 5.92 Å². The molecule has 2 N–H and O–H groups in total. The van der Waals surface area contributed by atoms with Gasteiger partial charge in [-0.15, -0.1) is 0 Å². The first-order valence-electron chi connectivity index (χ1n) is 5.18. The molecule has 1 fully saturated rings. The topological polar surface area (TPSA) is 56.2 Å². The molecule has 1 heterocycles. The van der Waals surface area contributed by atoms with E-state index in [1.54, 1.807) is 0 Å². The van der Waals surface area contributed by atoms with Gasteiger partial charge in [-0.3, -0.25) is 10.2 Å². The number of hydrogen-bond donors (Lipinski definition) is 2. The van der Waals surface area contributed by atoms with Crippen molar-refractivity contribution in [1.82, 2.24) is 10.2 Å². The van der Waals surface area contributed by atoms with Gasteiger partial charge in [0.15, 0.2) is 0 Å². The van der Waals surface area contributed by atoms with Crippen molar-refractivity contribution in [3.63, 3.8) is 0 Å². The molecule has 14 heavy (non-hydrogen) atoms. The first-order chi connectivity index (χ1) is 6.65. The molecule has 0 aromatic heterocycles. The van der Waals surface area contributed by atoms with Crippen LogP contribution in [0.2, 0.25) is 0 Å². The Kier molecular flexibility index (Phi) is 3.92. The largest absolute Gasteiger partial charge is 0.360 e. The number of nitrogens with zero attached hydrogens (tertiary/aromatic N) is 1. The second kappa shape index (κ2) is 4.98. The fourth-order valence-electron chi connectivity index (χ4n) is 1.75. The first-order valence-corrected chi connectivity index (χ1v) is 5.18. The Morgan fingerprint density at radius 3 is 2.50 bits per heavy atom. The van der Waals surface area contributed by atoms with Gasteiger partial charge in [0.05, 0.1) is 5.84 Å². The van der Waals surface area contributed by atoms with Crippen LogP contribution in [0.5, 0.6) is 0 Å². The molecule has 0 aromatic rings. The van der Waals surface area contributed by atoms with Crippen molar-refractivity contribution in [3.05, 3.63) is 0 Å². The Hall–Kier alpha value is -1.06. The highest BCUT2D eigenvalue weighted by atomic mass is 16.1. The number of amides is 1. The molecule has 1 saturated heterocycles.